The van der Waals surface area contributed by atoms with Crippen molar-refractivity contribution in [3.63, 3.8) is 0 Å². The minimum Gasteiger partial charge on any atom is -0.368 e. The molecule has 19 heavy (non-hydrogen) atoms. The first-order valence-electron chi connectivity index (χ1n) is 5.71. The van der Waals surface area contributed by atoms with E-state index in [-0.39, 0.29) is 18.7 Å². The number of halogens is 1. The third-order valence-electron chi connectivity index (χ3n) is 2.66. The SMILES string of the molecule is C#CC[C@H](NC(=O)Cc1ccc(Br)cc1C)C(N)=O. The Morgan fingerprint density at radius 3 is 2.74 bits per heavy atom. The number of carbonyl (C=O) groups excluding carboxylic acids is 2. The van der Waals surface area contributed by atoms with Crippen LogP contribution in [0.5, 0.6) is 0 Å². The first-order chi connectivity index (χ1) is 8.93. The Balaban J connectivity index is 2.69. The molecule has 3 N–H and O–H groups in total. The van der Waals surface area contributed by atoms with Gasteiger partial charge in [0, 0.05) is 10.9 Å². The van der Waals surface area contributed by atoms with E-state index in [1.54, 1.807) is 0 Å². The fourth-order valence-corrected chi connectivity index (χ4v) is 2.09. The van der Waals surface area contributed by atoms with E-state index in [0.29, 0.717) is 0 Å². The van der Waals surface area contributed by atoms with Crippen LogP contribution in [-0.4, -0.2) is 17.9 Å². The molecule has 0 spiro atoms. The molecule has 4 nitrogen and oxygen atoms in total. The first-order valence-corrected chi connectivity index (χ1v) is 6.50. The van der Waals surface area contributed by atoms with Crippen LogP contribution in [0.2, 0.25) is 0 Å². The molecule has 0 radical (unpaired) electrons. The average molecular weight is 323 g/mol. The Hall–Kier alpha value is -1.80. The van der Waals surface area contributed by atoms with Crippen molar-refractivity contribution in [3.8, 4) is 12.3 Å². The van der Waals surface area contributed by atoms with Crippen molar-refractivity contribution in [1.29, 1.82) is 0 Å². The highest BCUT2D eigenvalue weighted by Gasteiger charge is 2.17. The van der Waals surface area contributed by atoms with E-state index >= 15 is 0 Å². The van der Waals surface area contributed by atoms with Crippen LogP contribution < -0.4 is 11.1 Å². The van der Waals surface area contributed by atoms with Gasteiger partial charge in [-0.1, -0.05) is 22.0 Å². The molecular formula is C14H15BrN2O2. The van der Waals surface area contributed by atoms with E-state index in [4.69, 9.17) is 12.2 Å². The van der Waals surface area contributed by atoms with Crippen molar-refractivity contribution < 1.29 is 9.59 Å². The minimum absolute atomic E-state index is 0.0976. The molecule has 0 heterocycles. The van der Waals surface area contributed by atoms with Crippen molar-refractivity contribution in [2.24, 2.45) is 5.73 Å². The van der Waals surface area contributed by atoms with E-state index in [1.165, 1.54) is 0 Å². The van der Waals surface area contributed by atoms with Gasteiger partial charge in [0.25, 0.3) is 0 Å². The van der Waals surface area contributed by atoms with E-state index in [9.17, 15) is 9.59 Å². The highest BCUT2D eigenvalue weighted by Crippen LogP contribution is 2.16. The Bertz CT molecular complexity index is 535. The maximum atomic E-state index is 11.8. The van der Waals surface area contributed by atoms with Crippen molar-refractivity contribution >= 4 is 27.7 Å². The summed E-state index contributed by atoms with van der Waals surface area (Å²) in [7, 11) is 0. The number of terminal acetylenes is 1. The lowest BCUT2D eigenvalue weighted by molar-refractivity contribution is -0.126. The number of hydrogen-bond donors (Lipinski definition) is 2. The Morgan fingerprint density at radius 2 is 2.21 bits per heavy atom. The van der Waals surface area contributed by atoms with Gasteiger partial charge in [-0.2, -0.15) is 0 Å². The fourth-order valence-electron chi connectivity index (χ4n) is 1.62. The summed E-state index contributed by atoms with van der Waals surface area (Å²) in [6, 6.07) is 4.84. The van der Waals surface area contributed by atoms with Gasteiger partial charge in [-0.05, 0) is 30.2 Å². The number of nitrogens with one attached hydrogen (secondary N) is 1. The van der Waals surface area contributed by atoms with Crippen LogP contribution in [0.4, 0.5) is 0 Å². The maximum Gasteiger partial charge on any atom is 0.240 e. The van der Waals surface area contributed by atoms with Gasteiger partial charge in [-0.3, -0.25) is 9.59 Å². The second-order valence-electron chi connectivity index (χ2n) is 4.18. The number of amides is 2. The third kappa shape index (κ3) is 4.76. The number of benzene rings is 1. The molecule has 1 atom stereocenters. The second kappa shape index (κ2) is 6.95. The molecule has 1 rings (SSSR count). The van der Waals surface area contributed by atoms with E-state index in [2.05, 4.69) is 27.2 Å². The number of hydrogen-bond acceptors (Lipinski definition) is 2. The Labute approximate surface area is 120 Å². The predicted molar refractivity (Wildman–Crippen MR) is 77.2 cm³/mol. The standard InChI is InChI=1S/C14H15BrN2O2/c1-3-4-12(14(16)19)17-13(18)8-10-5-6-11(15)7-9(10)2/h1,5-7,12H,4,8H2,2H3,(H2,16,19)(H,17,18)/t12-/m0/s1. The molecule has 1 aromatic rings. The smallest absolute Gasteiger partial charge is 0.240 e. The molecule has 0 aliphatic rings. The summed E-state index contributed by atoms with van der Waals surface area (Å²) in [6.45, 7) is 1.92. The Kier molecular flexibility index (Phi) is 5.58. The summed E-state index contributed by atoms with van der Waals surface area (Å²) in [5, 5.41) is 2.54. The quantitative estimate of drug-likeness (QED) is 0.802. The molecule has 0 aliphatic carbocycles. The van der Waals surface area contributed by atoms with Crippen LogP contribution in [0.25, 0.3) is 0 Å². The molecule has 2 amide bonds. The van der Waals surface area contributed by atoms with Crippen LogP contribution in [0.1, 0.15) is 17.5 Å². The number of carbonyl (C=O) groups is 2. The van der Waals surface area contributed by atoms with Crippen LogP contribution in [-0.2, 0) is 16.0 Å². The molecule has 0 unspecified atom stereocenters. The highest BCUT2D eigenvalue weighted by molar-refractivity contribution is 9.10. The van der Waals surface area contributed by atoms with Crippen molar-refractivity contribution in [2.45, 2.75) is 25.8 Å². The number of aryl methyl sites for hydroxylation is 1. The normalized spacial score (nSPS) is 11.4. The van der Waals surface area contributed by atoms with Crippen LogP contribution in [0, 0.1) is 19.3 Å². The zero-order valence-electron chi connectivity index (χ0n) is 10.6. The van der Waals surface area contributed by atoms with Gasteiger partial charge in [-0.15, -0.1) is 12.3 Å². The van der Waals surface area contributed by atoms with Crippen LogP contribution in [0.15, 0.2) is 22.7 Å². The molecule has 0 bridgehead atoms. The van der Waals surface area contributed by atoms with Crippen molar-refractivity contribution in [1.82, 2.24) is 5.32 Å². The maximum absolute atomic E-state index is 11.8. The summed E-state index contributed by atoms with van der Waals surface area (Å²) in [6.07, 6.45) is 5.41. The van der Waals surface area contributed by atoms with E-state index < -0.39 is 11.9 Å². The molecule has 1 aromatic carbocycles. The average Bonchev–Trinajstić information content (AvgIpc) is 2.32. The largest absolute Gasteiger partial charge is 0.368 e. The van der Waals surface area contributed by atoms with Gasteiger partial charge in [0.1, 0.15) is 6.04 Å². The highest BCUT2D eigenvalue weighted by atomic mass is 79.9. The summed E-state index contributed by atoms with van der Waals surface area (Å²) < 4.78 is 0.955. The number of primary amides is 1. The third-order valence-corrected chi connectivity index (χ3v) is 3.15. The van der Waals surface area contributed by atoms with E-state index in [1.807, 2.05) is 25.1 Å². The zero-order chi connectivity index (χ0) is 14.4. The summed E-state index contributed by atoms with van der Waals surface area (Å²) in [4.78, 5) is 22.9. The van der Waals surface area contributed by atoms with Gasteiger partial charge >= 0.3 is 0 Å². The molecule has 0 aliphatic heterocycles. The van der Waals surface area contributed by atoms with Gasteiger partial charge < -0.3 is 11.1 Å². The second-order valence-corrected chi connectivity index (χ2v) is 5.09. The zero-order valence-corrected chi connectivity index (χ0v) is 12.2. The summed E-state index contributed by atoms with van der Waals surface area (Å²) in [5.41, 5.74) is 7.05. The Morgan fingerprint density at radius 1 is 1.53 bits per heavy atom. The van der Waals surface area contributed by atoms with E-state index in [0.717, 1.165) is 15.6 Å². The van der Waals surface area contributed by atoms with Gasteiger partial charge in [0.2, 0.25) is 11.8 Å². The summed E-state index contributed by atoms with van der Waals surface area (Å²) in [5.74, 6) is 1.42. The predicted octanol–water partition coefficient (Wildman–Crippen LogP) is 1.29. The van der Waals surface area contributed by atoms with Gasteiger partial charge in [0.15, 0.2) is 0 Å². The van der Waals surface area contributed by atoms with Gasteiger partial charge in [0.05, 0.1) is 6.42 Å². The molecule has 100 valence electrons. The molecule has 0 saturated heterocycles. The molecular weight excluding hydrogens is 308 g/mol. The molecule has 0 fully saturated rings. The summed E-state index contributed by atoms with van der Waals surface area (Å²) >= 11 is 3.36. The van der Waals surface area contributed by atoms with Crippen molar-refractivity contribution in [2.75, 3.05) is 0 Å². The molecule has 0 saturated carbocycles. The molecule has 5 heteroatoms. The first kappa shape index (κ1) is 15.3. The lowest BCUT2D eigenvalue weighted by Gasteiger charge is -2.13. The van der Waals surface area contributed by atoms with Gasteiger partial charge in [-0.25, -0.2) is 0 Å². The minimum atomic E-state index is -0.812. The topological polar surface area (TPSA) is 72.2 Å². The van der Waals surface area contributed by atoms with Crippen LogP contribution in [0.3, 0.4) is 0 Å². The number of rotatable bonds is 5. The fraction of sp³-hybridized carbons (Fsp3) is 0.286. The van der Waals surface area contributed by atoms with Crippen LogP contribution >= 0.6 is 15.9 Å². The van der Waals surface area contributed by atoms with Crippen molar-refractivity contribution in [3.05, 3.63) is 33.8 Å². The lowest BCUT2D eigenvalue weighted by Crippen LogP contribution is -2.44. The number of nitrogens with two attached hydrogens (primary N) is 1. The molecule has 0 aromatic heterocycles. The monoisotopic (exact) mass is 322 g/mol. The lowest BCUT2D eigenvalue weighted by atomic mass is 10.1.